The van der Waals surface area contributed by atoms with Crippen LogP contribution in [-0.2, 0) is 0 Å². The standard InChI is InChI=1S/C7H5FN4O3/c1-15-7-2-4(8)6(12(13)14)3-5(7)10-11-9/h2-3H,1H3. The molecule has 0 aliphatic heterocycles. The Hall–Kier alpha value is -2.34. The molecule has 0 aliphatic carbocycles. The number of methoxy groups -OCH3 is 1. The second kappa shape index (κ2) is 4.25. The molecule has 8 heteroatoms. The number of halogens is 1. The third kappa shape index (κ3) is 2.12. The van der Waals surface area contributed by atoms with Crippen molar-refractivity contribution in [2.45, 2.75) is 0 Å². The van der Waals surface area contributed by atoms with Crippen LogP contribution in [0.5, 0.6) is 5.75 Å². The van der Waals surface area contributed by atoms with Gasteiger partial charge in [-0.3, -0.25) is 10.1 Å². The highest BCUT2D eigenvalue weighted by Gasteiger charge is 2.17. The number of hydrogen-bond donors (Lipinski definition) is 0. The van der Waals surface area contributed by atoms with Crippen molar-refractivity contribution in [1.29, 1.82) is 0 Å². The molecule has 0 aliphatic rings. The van der Waals surface area contributed by atoms with Crippen molar-refractivity contribution in [2.75, 3.05) is 7.11 Å². The molecule has 0 N–H and O–H groups in total. The molecule has 15 heavy (non-hydrogen) atoms. The lowest BCUT2D eigenvalue weighted by Crippen LogP contribution is -1.93. The topological polar surface area (TPSA) is 101 Å². The normalized spacial score (nSPS) is 9.20. The van der Waals surface area contributed by atoms with Crippen molar-refractivity contribution in [3.05, 3.63) is 38.5 Å². The predicted molar refractivity (Wildman–Crippen MR) is 48.4 cm³/mol. The number of ether oxygens (including phenoxy) is 1. The molecule has 0 aromatic heterocycles. The third-order valence-corrected chi connectivity index (χ3v) is 1.60. The van der Waals surface area contributed by atoms with E-state index in [0.29, 0.717) is 0 Å². The van der Waals surface area contributed by atoms with Gasteiger partial charge >= 0.3 is 5.69 Å². The average molecular weight is 212 g/mol. The molecule has 0 fully saturated rings. The van der Waals surface area contributed by atoms with Crippen LogP contribution in [0.1, 0.15) is 0 Å². The summed E-state index contributed by atoms with van der Waals surface area (Å²) in [5.41, 5.74) is 7.28. The molecule has 0 saturated heterocycles. The lowest BCUT2D eigenvalue weighted by molar-refractivity contribution is -0.387. The highest BCUT2D eigenvalue weighted by molar-refractivity contribution is 5.58. The van der Waals surface area contributed by atoms with Gasteiger partial charge in [-0.05, 0) is 5.53 Å². The van der Waals surface area contributed by atoms with E-state index in [-0.39, 0.29) is 11.4 Å². The highest BCUT2D eigenvalue weighted by atomic mass is 19.1. The van der Waals surface area contributed by atoms with Crippen LogP contribution in [0.2, 0.25) is 0 Å². The molecule has 0 radical (unpaired) electrons. The molecule has 0 bridgehead atoms. The molecule has 7 nitrogen and oxygen atoms in total. The lowest BCUT2D eigenvalue weighted by Gasteiger charge is -2.03. The number of nitrogens with zero attached hydrogens (tertiary/aromatic N) is 4. The number of nitro groups is 1. The number of azide groups is 1. The van der Waals surface area contributed by atoms with E-state index < -0.39 is 16.4 Å². The number of rotatable bonds is 3. The van der Waals surface area contributed by atoms with Crippen LogP contribution in [0, 0.1) is 15.9 Å². The minimum Gasteiger partial charge on any atom is -0.496 e. The van der Waals surface area contributed by atoms with Gasteiger partial charge in [0.15, 0.2) is 0 Å². The summed E-state index contributed by atoms with van der Waals surface area (Å²) >= 11 is 0. The first kappa shape index (κ1) is 10.7. The Bertz CT molecular complexity index is 456. The highest BCUT2D eigenvalue weighted by Crippen LogP contribution is 2.33. The fourth-order valence-electron chi connectivity index (χ4n) is 0.962. The Morgan fingerprint density at radius 1 is 1.67 bits per heavy atom. The molecule has 0 saturated carbocycles. The molecule has 0 heterocycles. The molecular weight excluding hydrogens is 207 g/mol. The van der Waals surface area contributed by atoms with Crippen molar-refractivity contribution in [3.8, 4) is 5.75 Å². The minimum absolute atomic E-state index is 0.0594. The summed E-state index contributed by atoms with van der Waals surface area (Å²) in [6.45, 7) is 0. The molecular formula is C7H5FN4O3. The van der Waals surface area contributed by atoms with Crippen LogP contribution in [0.3, 0.4) is 0 Å². The zero-order valence-electron chi connectivity index (χ0n) is 7.55. The Labute approximate surface area is 82.9 Å². The van der Waals surface area contributed by atoms with Crippen LogP contribution in [-0.4, -0.2) is 12.0 Å². The quantitative estimate of drug-likeness (QED) is 0.253. The lowest BCUT2D eigenvalue weighted by atomic mass is 10.2. The molecule has 0 spiro atoms. The average Bonchev–Trinajstić information content (AvgIpc) is 2.20. The van der Waals surface area contributed by atoms with Crippen molar-refractivity contribution in [3.63, 3.8) is 0 Å². The summed E-state index contributed by atoms with van der Waals surface area (Å²) in [7, 11) is 1.23. The first-order valence-corrected chi connectivity index (χ1v) is 3.67. The van der Waals surface area contributed by atoms with E-state index in [1.54, 1.807) is 0 Å². The monoisotopic (exact) mass is 212 g/mol. The van der Waals surface area contributed by atoms with Gasteiger partial charge in [-0.25, -0.2) is 0 Å². The first-order chi connectivity index (χ1) is 7.10. The van der Waals surface area contributed by atoms with E-state index in [0.717, 1.165) is 12.1 Å². The van der Waals surface area contributed by atoms with Crippen molar-refractivity contribution in [1.82, 2.24) is 0 Å². The molecule has 1 rings (SSSR count). The Morgan fingerprint density at radius 2 is 2.33 bits per heavy atom. The van der Waals surface area contributed by atoms with Gasteiger partial charge in [0.25, 0.3) is 0 Å². The van der Waals surface area contributed by atoms with Gasteiger partial charge < -0.3 is 4.74 Å². The fraction of sp³-hybridized carbons (Fsp3) is 0.143. The second-order valence-electron chi connectivity index (χ2n) is 2.42. The smallest absolute Gasteiger partial charge is 0.305 e. The van der Waals surface area contributed by atoms with Crippen LogP contribution >= 0.6 is 0 Å². The zero-order valence-corrected chi connectivity index (χ0v) is 7.55. The summed E-state index contributed by atoms with van der Waals surface area (Å²) in [6.07, 6.45) is 0. The van der Waals surface area contributed by atoms with E-state index in [9.17, 15) is 14.5 Å². The second-order valence-corrected chi connectivity index (χ2v) is 2.42. The Kier molecular flexibility index (Phi) is 3.04. The van der Waals surface area contributed by atoms with Crippen LogP contribution in [0.25, 0.3) is 10.4 Å². The molecule has 0 atom stereocenters. The van der Waals surface area contributed by atoms with Gasteiger partial charge in [-0.15, -0.1) is 0 Å². The van der Waals surface area contributed by atoms with E-state index in [4.69, 9.17) is 5.53 Å². The van der Waals surface area contributed by atoms with Gasteiger partial charge in [0, 0.05) is 17.0 Å². The fourth-order valence-corrected chi connectivity index (χ4v) is 0.962. The summed E-state index contributed by atoms with van der Waals surface area (Å²) in [6, 6.07) is 1.61. The largest absolute Gasteiger partial charge is 0.496 e. The molecule has 78 valence electrons. The molecule has 1 aromatic rings. The Morgan fingerprint density at radius 3 is 2.80 bits per heavy atom. The predicted octanol–water partition coefficient (Wildman–Crippen LogP) is 2.68. The van der Waals surface area contributed by atoms with Gasteiger partial charge in [0.05, 0.1) is 17.7 Å². The zero-order chi connectivity index (χ0) is 11.4. The van der Waals surface area contributed by atoms with Gasteiger partial charge in [0.2, 0.25) is 5.82 Å². The summed E-state index contributed by atoms with van der Waals surface area (Å²) in [5.74, 6) is -1.11. The van der Waals surface area contributed by atoms with E-state index in [2.05, 4.69) is 14.8 Å². The third-order valence-electron chi connectivity index (χ3n) is 1.60. The summed E-state index contributed by atoms with van der Waals surface area (Å²) in [5, 5.41) is 13.5. The van der Waals surface area contributed by atoms with Crippen LogP contribution < -0.4 is 4.74 Å². The number of hydrogen-bond acceptors (Lipinski definition) is 4. The van der Waals surface area contributed by atoms with E-state index in [1.165, 1.54) is 7.11 Å². The maximum absolute atomic E-state index is 13.1. The van der Waals surface area contributed by atoms with Gasteiger partial charge in [-0.2, -0.15) is 4.39 Å². The van der Waals surface area contributed by atoms with Crippen molar-refractivity contribution in [2.24, 2.45) is 5.11 Å². The SMILES string of the molecule is COc1cc(F)c([N+](=O)[O-])cc1N=[N+]=[N-]. The van der Waals surface area contributed by atoms with Crippen molar-refractivity contribution >= 4 is 11.4 Å². The summed E-state index contributed by atoms with van der Waals surface area (Å²) < 4.78 is 17.7. The minimum atomic E-state index is -1.05. The molecule has 1 aromatic carbocycles. The number of nitro benzene ring substituents is 1. The van der Waals surface area contributed by atoms with Crippen LogP contribution in [0.4, 0.5) is 15.8 Å². The van der Waals surface area contributed by atoms with Crippen molar-refractivity contribution < 1.29 is 14.1 Å². The summed E-state index contributed by atoms with van der Waals surface area (Å²) in [4.78, 5) is 11.9. The number of benzene rings is 1. The van der Waals surface area contributed by atoms with Gasteiger partial charge in [-0.1, -0.05) is 5.11 Å². The maximum atomic E-state index is 13.1. The molecule has 0 amide bonds. The Balaban J connectivity index is 3.42. The van der Waals surface area contributed by atoms with E-state index >= 15 is 0 Å². The maximum Gasteiger partial charge on any atom is 0.305 e. The van der Waals surface area contributed by atoms with Gasteiger partial charge in [0.1, 0.15) is 5.75 Å². The van der Waals surface area contributed by atoms with E-state index in [1.807, 2.05) is 0 Å². The van der Waals surface area contributed by atoms with Crippen LogP contribution in [0.15, 0.2) is 17.2 Å². The first-order valence-electron chi connectivity index (χ1n) is 3.67. The molecule has 0 unspecified atom stereocenters.